The zero-order chi connectivity index (χ0) is 22.4. The third-order valence-electron chi connectivity index (χ3n) is 6.06. The Balaban J connectivity index is 1.55. The van der Waals surface area contributed by atoms with Gasteiger partial charge in [-0.15, -0.1) is 0 Å². The minimum atomic E-state index is -4.55. The summed E-state index contributed by atoms with van der Waals surface area (Å²) in [6.45, 7) is 0. The molecule has 2 saturated heterocycles. The van der Waals surface area contributed by atoms with E-state index >= 15 is 0 Å². The van der Waals surface area contributed by atoms with Gasteiger partial charge in [0.1, 0.15) is 0 Å². The predicted molar refractivity (Wildman–Crippen MR) is 109 cm³/mol. The van der Waals surface area contributed by atoms with Crippen LogP contribution >= 0.6 is 0 Å². The molecule has 31 heavy (non-hydrogen) atoms. The molecule has 2 aromatic rings. The normalized spacial score (nSPS) is 24.9. The second-order valence-corrected chi connectivity index (χ2v) is 12.2. The van der Waals surface area contributed by atoms with Crippen molar-refractivity contribution in [3.63, 3.8) is 0 Å². The average Bonchev–Trinajstić information content (AvgIpc) is 2.99. The molecule has 0 radical (unpaired) electrons. The van der Waals surface area contributed by atoms with Crippen molar-refractivity contribution in [2.75, 3.05) is 0 Å². The molecule has 0 aliphatic carbocycles. The van der Waals surface area contributed by atoms with Crippen LogP contribution in [0.2, 0.25) is 0 Å². The van der Waals surface area contributed by atoms with Crippen molar-refractivity contribution in [2.24, 2.45) is 0 Å². The highest BCUT2D eigenvalue weighted by atomic mass is 32.2. The van der Waals surface area contributed by atoms with Crippen LogP contribution in [0.1, 0.15) is 36.8 Å². The number of sulfone groups is 1. The van der Waals surface area contributed by atoms with Gasteiger partial charge in [0.15, 0.2) is 9.84 Å². The first-order valence-electron chi connectivity index (χ1n) is 9.95. The molecule has 2 bridgehead atoms. The molecule has 2 aromatic carbocycles. The summed E-state index contributed by atoms with van der Waals surface area (Å²) in [5, 5.41) is -0.674. The molecule has 0 spiro atoms. The van der Waals surface area contributed by atoms with E-state index in [2.05, 4.69) is 0 Å². The molecule has 10 heteroatoms. The summed E-state index contributed by atoms with van der Waals surface area (Å²) in [7, 11) is -7.48. The standard InChI is InChI=1S/C21H22F3NO4S2/c22-21(23,24)16-6-4-5-15(11-16)14-30(26,27)25-17-9-10-18(25)13-20(12-17)31(28,29)19-7-2-1-3-8-19/h1-8,11,17-18,20H,9-10,12-14H2. The Bertz CT molecular complexity index is 1150. The largest absolute Gasteiger partial charge is 0.416 e. The molecule has 2 aliphatic rings. The van der Waals surface area contributed by atoms with Crippen molar-refractivity contribution in [3.8, 4) is 0 Å². The number of hydrogen-bond donors (Lipinski definition) is 0. The van der Waals surface area contributed by atoms with E-state index < -0.39 is 54.7 Å². The Morgan fingerprint density at radius 1 is 0.871 bits per heavy atom. The SMILES string of the molecule is O=S(=O)(c1ccccc1)C1CC2CCC(C1)N2S(=O)(=O)Cc1cccc(C(F)(F)F)c1. The molecule has 168 valence electrons. The molecular weight excluding hydrogens is 451 g/mol. The minimum Gasteiger partial charge on any atom is -0.223 e. The Morgan fingerprint density at radius 2 is 1.48 bits per heavy atom. The first-order chi connectivity index (χ1) is 14.5. The highest BCUT2D eigenvalue weighted by Crippen LogP contribution is 2.42. The fourth-order valence-corrected chi connectivity index (χ4v) is 8.63. The molecule has 2 unspecified atom stereocenters. The van der Waals surface area contributed by atoms with E-state index in [-0.39, 0.29) is 23.3 Å². The van der Waals surface area contributed by atoms with Gasteiger partial charge in [-0.3, -0.25) is 0 Å². The van der Waals surface area contributed by atoms with Crippen molar-refractivity contribution >= 4 is 19.9 Å². The van der Waals surface area contributed by atoms with E-state index in [1.54, 1.807) is 18.2 Å². The Hall–Kier alpha value is -1.91. The van der Waals surface area contributed by atoms with Crippen LogP contribution in [0.25, 0.3) is 0 Å². The van der Waals surface area contributed by atoms with Gasteiger partial charge in [-0.1, -0.05) is 36.4 Å². The van der Waals surface area contributed by atoms with Crippen LogP contribution in [0.15, 0.2) is 59.5 Å². The summed E-state index contributed by atoms with van der Waals surface area (Å²) in [6, 6.07) is 11.5. The summed E-state index contributed by atoms with van der Waals surface area (Å²) < 4.78 is 92.5. The second kappa shape index (κ2) is 7.90. The maximum absolute atomic E-state index is 13.1. The fourth-order valence-electron chi connectivity index (χ4n) is 4.72. The number of sulfonamides is 1. The van der Waals surface area contributed by atoms with Crippen molar-refractivity contribution in [3.05, 3.63) is 65.7 Å². The van der Waals surface area contributed by atoms with Gasteiger partial charge in [-0.05, 0) is 49.4 Å². The van der Waals surface area contributed by atoms with E-state index in [1.165, 1.54) is 28.6 Å². The maximum atomic E-state index is 13.1. The van der Waals surface area contributed by atoms with Gasteiger partial charge in [-0.2, -0.15) is 17.5 Å². The summed E-state index contributed by atoms with van der Waals surface area (Å²) in [5.41, 5.74) is -0.830. The van der Waals surface area contributed by atoms with Crippen LogP contribution < -0.4 is 0 Å². The van der Waals surface area contributed by atoms with Gasteiger partial charge >= 0.3 is 6.18 Å². The number of halogens is 3. The third-order valence-corrected chi connectivity index (χ3v) is 10.2. The molecule has 2 heterocycles. The summed E-state index contributed by atoms with van der Waals surface area (Å²) >= 11 is 0. The third kappa shape index (κ3) is 4.38. The molecule has 0 amide bonds. The lowest BCUT2D eigenvalue weighted by atomic mass is 10.1. The van der Waals surface area contributed by atoms with Crippen LogP contribution in [0.3, 0.4) is 0 Å². The number of nitrogens with zero attached hydrogens (tertiary/aromatic N) is 1. The molecular formula is C21H22F3NO4S2. The summed E-state index contributed by atoms with van der Waals surface area (Å²) in [6.07, 6.45) is -3.07. The second-order valence-electron chi connectivity index (χ2n) is 8.12. The first-order valence-corrected chi connectivity index (χ1v) is 13.1. The van der Waals surface area contributed by atoms with Gasteiger partial charge in [-0.25, -0.2) is 16.8 Å². The van der Waals surface area contributed by atoms with E-state index in [9.17, 15) is 30.0 Å². The summed E-state index contributed by atoms with van der Waals surface area (Å²) in [4.78, 5) is 0.222. The first kappa shape index (κ1) is 22.3. The molecule has 4 rings (SSSR count). The quantitative estimate of drug-likeness (QED) is 0.658. The van der Waals surface area contributed by atoms with Crippen LogP contribution in [-0.4, -0.2) is 38.5 Å². The topological polar surface area (TPSA) is 71.5 Å². The molecule has 0 N–H and O–H groups in total. The molecule has 2 fully saturated rings. The fraction of sp³-hybridized carbons (Fsp3) is 0.429. The lowest BCUT2D eigenvalue weighted by Gasteiger charge is -2.37. The lowest BCUT2D eigenvalue weighted by molar-refractivity contribution is -0.137. The van der Waals surface area contributed by atoms with E-state index in [4.69, 9.17) is 0 Å². The number of fused-ring (bicyclic) bond motifs is 2. The number of rotatable bonds is 5. The Morgan fingerprint density at radius 3 is 2.06 bits per heavy atom. The zero-order valence-electron chi connectivity index (χ0n) is 16.5. The summed E-state index contributed by atoms with van der Waals surface area (Å²) in [5.74, 6) is -0.542. The Kier molecular flexibility index (Phi) is 5.68. The van der Waals surface area contributed by atoms with Gasteiger partial charge in [0.25, 0.3) is 0 Å². The number of hydrogen-bond acceptors (Lipinski definition) is 4. The van der Waals surface area contributed by atoms with Gasteiger partial charge in [0.05, 0.1) is 21.5 Å². The predicted octanol–water partition coefficient (Wildman–Crippen LogP) is 4.00. The van der Waals surface area contributed by atoms with Gasteiger partial charge in [0.2, 0.25) is 10.0 Å². The van der Waals surface area contributed by atoms with Crippen molar-refractivity contribution < 1.29 is 30.0 Å². The van der Waals surface area contributed by atoms with Crippen LogP contribution in [0, 0.1) is 0 Å². The highest BCUT2D eigenvalue weighted by molar-refractivity contribution is 7.92. The van der Waals surface area contributed by atoms with Gasteiger partial charge < -0.3 is 0 Å². The Labute approximate surface area is 179 Å². The number of piperidine rings is 1. The van der Waals surface area contributed by atoms with Crippen LogP contribution in [0.5, 0.6) is 0 Å². The van der Waals surface area contributed by atoms with E-state index in [0.29, 0.717) is 12.8 Å². The highest BCUT2D eigenvalue weighted by Gasteiger charge is 2.49. The van der Waals surface area contributed by atoms with Gasteiger partial charge in [0, 0.05) is 12.1 Å². The smallest absolute Gasteiger partial charge is 0.223 e. The van der Waals surface area contributed by atoms with Crippen molar-refractivity contribution in [2.45, 2.75) is 59.8 Å². The molecule has 2 atom stereocenters. The average molecular weight is 474 g/mol. The monoisotopic (exact) mass is 473 g/mol. The molecule has 2 aliphatic heterocycles. The van der Waals surface area contributed by atoms with E-state index in [1.807, 2.05) is 0 Å². The maximum Gasteiger partial charge on any atom is 0.416 e. The number of alkyl halides is 3. The number of benzene rings is 2. The zero-order valence-corrected chi connectivity index (χ0v) is 18.1. The van der Waals surface area contributed by atoms with E-state index in [0.717, 1.165) is 12.1 Å². The van der Waals surface area contributed by atoms with Crippen molar-refractivity contribution in [1.82, 2.24) is 4.31 Å². The lowest BCUT2D eigenvalue weighted by Crippen LogP contribution is -2.49. The minimum absolute atomic E-state index is 0.0632. The molecule has 0 aromatic heterocycles. The van der Waals surface area contributed by atoms with Crippen LogP contribution in [0.4, 0.5) is 13.2 Å². The van der Waals surface area contributed by atoms with Crippen molar-refractivity contribution in [1.29, 1.82) is 0 Å². The van der Waals surface area contributed by atoms with Crippen LogP contribution in [-0.2, 0) is 31.8 Å². The molecule has 5 nitrogen and oxygen atoms in total. The molecule has 0 saturated carbocycles.